The fourth-order valence-corrected chi connectivity index (χ4v) is 2.02. The third-order valence-electron chi connectivity index (χ3n) is 3.17. The Balaban J connectivity index is 3.25. The number of carboxylic acid groups (broad SMARTS) is 1. The predicted octanol–water partition coefficient (Wildman–Crippen LogP) is 1.48. The number of phenolic OH excluding ortho intramolecular Hbond substituents is 2. The Labute approximate surface area is 121 Å². The molecule has 0 heterocycles. The number of benzene rings is 1. The SMILES string of the molecule is CO[C@@H](C[C@@H](OC)c1c(O)ccc(C(C)=O)c1O)C(=O)O. The second kappa shape index (κ2) is 7.05. The predicted molar refractivity (Wildman–Crippen MR) is 72.6 cm³/mol. The van der Waals surface area contributed by atoms with Crippen LogP contribution < -0.4 is 0 Å². The molecular weight excluding hydrogens is 280 g/mol. The van der Waals surface area contributed by atoms with Gasteiger partial charge >= 0.3 is 5.97 Å². The first-order valence-electron chi connectivity index (χ1n) is 6.17. The van der Waals surface area contributed by atoms with E-state index in [-0.39, 0.29) is 29.1 Å². The van der Waals surface area contributed by atoms with Crippen molar-refractivity contribution in [3.8, 4) is 11.5 Å². The molecule has 116 valence electrons. The number of aliphatic carboxylic acids is 1. The van der Waals surface area contributed by atoms with Crippen LogP contribution in [0.4, 0.5) is 0 Å². The van der Waals surface area contributed by atoms with Crippen molar-refractivity contribution in [2.45, 2.75) is 25.6 Å². The maximum absolute atomic E-state index is 11.4. The van der Waals surface area contributed by atoms with Gasteiger partial charge in [0.2, 0.25) is 0 Å². The topological polar surface area (TPSA) is 113 Å². The van der Waals surface area contributed by atoms with E-state index in [1.807, 2.05) is 0 Å². The molecule has 0 aromatic heterocycles. The molecular formula is C14H18O7. The number of aromatic hydroxyl groups is 2. The molecule has 7 heteroatoms. The lowest BCUT2D eigenvalue weighted by Gasteiger charge is -2.22. The Bertz CT molecular complexity index is 538. The molecule has 0 aliphatic heterocycles. The highest BCUT2D eigenvalue weighted by molar-refractivity contribution is 5.97. The lowest BCUT2D eigenvalue weighted by Crippen LogP contribution is -2.25. The van der Waals surface area contributed by atoms with E-state index in [0.717, 1.165) is 0 Å². The first kappa shape index (κ1) is 16.9. The second-order valence-corrected chi connectivity index (χ2v) is 4.47. The van der Waals surface area contributed by atoms with Gasteiger partial charge in [0.25, 0.3) is 0 Å². The molecule has 1 aromatic carbocycles. The minimum atomic E-state index is -1.19. The van der Waals surface area contributed by atoms with Crippen molar-refractivity contribution in [2.75, 3.05) is 14.2 Å². The van der Waals surface area contributed by atoms with Gasteiger partial charge in [-0.1, -0.05) is 0 Å². The van der Waals surface area contributed by atoms with Crippen molar-refractivity contribution < 1.29 is 34.4 Å². The van der Waals surface area contributed by atoms with E-state index in [2.05, 4.69) is 0 Å². The lowest BCUT2D eigenvalue weighted by molar-refractivity contribution is -0.150. The van der Waals surface area contributed by atoms with Crippen molar-refractivity contribution >= 4 is 11.8 Å². The Hall–Kier alpha value is -2.12. The number of Topliss-reactive ketones (excluding diaryl/α,β-unsaturated/α-hetero) is 1. The Morgan fingerprint density at radius 3 is 2.24 bits per heavy atom. The highest BCUT2D eigenvalue weighted by Crippen LogP contribution is 2.39. The van der Waals surface area contributed by atoms with Crippen LogP contribution in [0.1, 0.15) is 35.4 Å². The molecule has 0 bridgehead atoms. The van der Waals surface area contributed by atoms with Crippen LogP contribution in [0.15, 0.2) is 12.1 Å². The van der Waals surface area contributed by atoms with E-state index in [1.54, 1.807) is 0 Å². The van der Waals surface area contributed by atoms with Gasteiger partial charge in [0.15, 0.2) is 11.9 Å². The Morgan fingerprint density at radius 2 is 1.81 bits per heavy atom. The minimum Gasteiger partial charge on any atom is -0.507 e. The summed E-state index contributed by atoms with van der Waals surface area (Å²) < 4.78 is 9.95. The normalized spacial score (nSPS) is 13.7. The molecule has 2 atom stereocenters. The van der Waals surface area contributed by atoms with Gasteiger partial charge in [0.05, 0.1) is 17.2 Å². The van der Waals surface area contributed by atoms with Gasteiger partial charge in [-0.2, -0.15) is 0 Å². The maximum Gasteiger partial charge on any atom is 0.332 e. The molecule has 7 nitrogen and oxygen atoms in total. The van der Waals surface area contributed by atoms with E-state index < -0.39 is 23.9 Å². The number of hydrogen-bond acceptors (Lipinski definition) is 6. The number of carbonyl (C=O) groups is 2. The zero-order valence-electron chi connectivity index (χ0n) is 12.0. The second-order valence-electron chi connectivity index (χ2n) is 4.47. The summed E-state index contributed by atoms with van der Waals surface area (Å²) >= 11 is 0. The number of carbonyl (C=O) groups excluding carboxylic acids is 1. The highest BCUT2D eigenvalue weighted by atomic mass is 16.5. The molecule has 0 saturated carbocycles. The Kier molecular flexibility index (Phi) is 5.69. The fourth-order valence-electron chi connectivity index (χ4n) is 2.02. The molecule has 0 unspecified atom stereocenters. The van der Waals surface area contributed by atoms with Crippen LogP contribution in [-0.4, -0.2) is 47.4 Å². The lowest BCUT2D eigenvalue weighted by atomic mass is 9.97. The third-order valence-corrected chi connectivity index (χ3v) is 3.17. The zero-order valence-corrected chi connectivity index (χ0v) is 12.0. The first-order valence-corrected chi connectivity index (χ1v) is 6.17. The van der Waals surface area contributed by atoms with Crippen LogP contribution in [0.2, 0.25) is 0 Å². The number of methoxy groups -OCH3 is 2. The molecule has 0 saturated heterocycles. The van der Waals surface area contributed by atoms with Crippen LogP contribution in [0.25, 0.3) is 0 Å². The van der Waals surface area contributed by atoms with Crippen molar-refractivity contribution in [3.05, 3.63) is 23.3 Å². The van der Waals surface area contributed by atoms with Crippen molar-refractivity contribution in [1.29, 1.82) is 0 Å². The molecule has 1 aromatic rings. The van der Waals surface area contributed by atoms with Gasteiger partial charge in [-0.05, 0) is 19.1 Å². The van der Waals surface area contributed by atoms with E-state index in [0.29, 0.717) is 0 Å². The van der Waals surface area contributed by atoms with Crippen molar-refractivity contribution in [2.24, 2.45) is 0 Å². The van der Waals surface area contributed by atoms with Crippen LogP contribution in [0, 0.1) is 0 Å². The smallest absolute Gasteiger partial charge is 0.332 e. The maximum atomic E-state index is 11.4. The van der Waals surface area contributed by atoms with Gasteiger partial charge in [-0.25, -0.2) is 4.79 Å². The molecule has 0 amide bonds. The van der Waals surface area contributed by atoms with Crippen LogP contribution in [-0.2, 0) is 14.3 Å². The van der Waals surface area contributed by atoms with Gasteiger partial charge in [-0.15, -0.1) is 0 Å². The van der Waals surface area contributed by atoms with Crippen LogP contribution >= 0.6 is 0 Å². The van der Waals surface area contributed by atoms with Crippen LogP contribution in [0.3, 0.4) is 0 Å². The summed E-state index contributed by atoms with van der Waals surface area (Å²) in [4.78, 5) is 22.4. The molecule has 0 spiro atoms. The van der Waals surface area contributed by atoms with E-state index in [4.69, 9.17) is 14.6 Å². The van der Waals surface area contributed by atoms with Gasteiger partial charge in [0.1, 0.15) is 11.5 Å². The Morgan fingerprint density at radius 1 is 1.19 bits per heavy atom. The number of carboxylic acids is 1. The number of hydrogen-bond donors (Lipinski definition) is 3. The molecule has 1 rings (SSSR count). The highest BCUT2D eigenvalue weighted by Gasteiger charge is 2.28. The average molecular weight is 298 g/mol. The van der Waals surface area contributed by atoms with Crippen LogP contribution in [0.5, 0.6) is 11.5 Å². The summed E-state index contributed by atoms with van der Waals surface area (Å²) in [6.45, 7) is 1.27. The monoisotopic (exact) mass is 298 g/mol. The molecule has 21 heavy (non-hydrogen) atoms. The summed E-state index contributed by atoms with van der Waals surface area (Å²) in [5, 5.41) is 29.0. The number of phenols is 2. The summed E-state index contributed by atoms with van der Waals surface area (Å²) in [5.74, 6) is -2.29. The summed E-state index contributed by atoms with van der Waals surface area (Å²) in [6.07, 6.45) is -2.25. The standard InChI is InChI=1S/C14H18O7/c1-7(15)8-4-5-9(16)12(13(8)17)10(20-2)6-11(21-3)14(18)19/h4-5,10-11,16-17H,6H2,1-3H3,(H,18,19)/t10-,11+/m1/s1. The van der Waals surface area contributed by atoms with Gasteiger partial charge in [-0.3, -0.25) is 4.79 Å². The molecule has 0 fully saturated rings. The van der Waals surface area contributed by atoms with Crippen molar-refractivity contribution in [1.82, 2.24) is 0 Å². The molecule has 0 aliphatic carbocycles. The number of ether oxygens (including phenoxy) is 2. The molecule has 0 radical (unpaired) electrons. The number of ketones is 1. The van der Waals surface area contributed by atoms with E-state index >= 15 is 0 Å². The minimum absolute atomic E-state index is 0.0224. The summed E-state index contributed by atoms with van der Waals surface area (Å²) in [7, 11) is 2.54. The average Bonchev–Trinajstić information content (AvgIpc) is 2.41. The van der Waals surface area contributed by atoms with E-state index in [1.165, 1.54) is 33.3 Å². The largest absolute Gasteiger partial charge is 0.507 e. The van der Waals surface area contributed by atoms with Crippen molar-refractivity contribution in [3.63, 3.8) is 0 Å². The fraction of sp³-hybridized carbons (Fsp3) is 0.429. The first-order chi connectivity index (χ1) is 9.83. The third kappa shape index (κ3) is 3.71. The summed E-state index contributed by atoms with van der Waals surface area (Å²) in [6, 6.07) is 2.54. The quantitative estimate of drug-likeness (QED) is 0.653. The molecule has 0 aliphatic rings. The van der Waals surface area contributed by atoms with E-state index in [9.17, 15) is 19.8 Å². The molecule has 3 N–H and O–H groups in total. The van der Waals surface area contributed by atoms with Gasteiger partial charge in [0, 0.05) is 20.6 Å². The van der Waals surface area contributed by atoms with Gasteiger partial charge < -0.3 is 24.8 Å². The number of rotatable bonds is 7. The summed E-state index contributed by atoms with van der Waals surface area (Å²) in [5.41, 5.74) is -0.0114. The zero-order chi connectivity index (χ0) is 16.2.